The highest BCUT2D eigenvalue weighted by Gasteiger charge is 2.10. The molecule has 0 bridgehead atoms. The van der Waals surface area contributed by atoms with E-state index >= 15 is 0 Å². The van der Waals surface area contributed by atoms with E-state index < -0.39 is 0 Å². The van der Waals surface area contributed by atoms with Gasteiger partial charge in [-0.15, -0.1) is 0 Å². The molecule has 0 fully saturated rings. The number of anilines is 3. The number of carbonyl (C=O) groups is 1. The zero-order valence-corrected chi connectivity index (χ0v) is 11.1. The van der Waals surface area contributed by atoms with Gasteiger partial charge in [0.15, 0.2) is 0 Å². The molecule has 0 aliphatic heterocycles. The molecule has 0 radical (unpaired) electrons. The highest BCUT2D eigenvalue weighted by molar-refractivity contribution is 6.08. The lowest BCUT2D eigenvalue weighted by atomic mass is 10.1. The highest BCUT2D eigenvalue weighted by Crippen LogP contribution is 2.19. The average molecular weight is 279 g/mol. The number of fused-ring (bicyclic) bond motifs is 1. The first-order valence-corrected chi connectivity index (χ1v) is 6.30. The Morgan fingerprint density at radius 2 is 1.71 bits per heavy atom. The molecule has 3 aromatic rings. The number of nitrogen functional groups attached to an aromatic ring is 2. The first-order chi connectivity index (χ1) is 10.1. The Bertz CT molecular complexity index is 831. The number of hydrogen-bond acceptors (Lipinski definition) is 5. The molecule has 0 unspecified atom stereocenters. The van der Waals surface area contributed by atoms with E-state index in [0.29, 0.717) is 28.1 Å². The lowest BCUT2D eigenvalue weighted by molar-refractivity contribution is 0.102. The van der Waals surface area contributed by atoms with Gasteiger partial charge in [-0.25, -0.2) is 0 Å². The lowest BCUT2D eigenvalue weighted by Crippen LogP contribution is -2.14. The summed E-state index contributed by atoms with van der Waals surface area (Å²) in [5.41, 5.74) is 14.8. The molecule has 0 aliphatic rings. The Hall–Kier alpha value is -3.15. The van der Waals surface area contributed by atoms with Crippen LogP contribution in [-0.2, 0) is 0 Å². The third kappa shape index (κ3) is 2.59. The quantitative estimate of drug-likeness (QED) is 0.622. The first-order valence-electron chi connectivity index (χ1n) is 6.30. The van der Waals surface area contributed by atoms with Gasteiger partial charge >= 0.3 is 0 Å². The number of amides is 1. The Kier molecular flexibility index (Phi) is 3.12. The predicted molar refractivity (Wildman–Crippen MR) is 82.8 cm³/mol. The first kappa shape index (κ1) is 12.9. The number of hydrogen-bond donors (Lipinski definition) is 3. The van der Waals surface area contributed by atoms with Crippen LogP contribution in [0.1, 0.15) is 10.4 Å². The van der Waals surface area contributed by atoms with Crippen molar-refractivity contribution in [2.24, 2.45) is 0 Å². The molecule has 5 N–H and O–H groups in total. The largest absolute Gasteiger partial charge is 0.399 e. The molecule has 0 spiro atoms. The molecule has 3 rings (SSSR count). The normalized spacial score (nSPS) is 10.5. The monoisotopic (exact) mass is 279 g/mol. The van der Waals surface area contributed by atoms with E-state index in [-0.39, 0.29) is 5.91 Å². The van der Waals surface area contributed by atoms with E-state index in [4.69, 9.17) is 11.5 Å². The van der Waals surface area contributed by atoms with Crippen molar-refractivity contribution >= 4 is 34.0 Å². The van der Waals surface area contributed by atoms with Crippen LogP contribution in [0.3, 0.4) is 0 Å². The second kappa shape index (κ2) is 5.09. The predicted octanol–water partition coefficient (Wildman–Crippen LogP) is 2.05. The van der Waals surface area contributed by atoms with Gasteiger partial charge in [0.25, 0.3) is 5.91 Å². The fourth-order valence-corrected chi connectivity index (χ4v) is 2.03. The molecule has 0 saturated carbocycles. The average Bonchev–Trinajstić information content (AvgIpc) is 2.47. The summed E-state index contributed by atoms with van der Waals surface area (Å²) in [7, 11) is 0. The van der Waals surface area contributed by atoms with E-state index in [1.807, 2.05) is 0 Å². The number of benzene rings is 2. The third-order valence-electron chi connectivity index (χ3n) is 3.05. The van der Waals surface area contributed by atoms with Gasteiger partial charge in [0, 0.05) is 29.5 Å². The van der Waals surface area contributed by atoms with Gasteiger partial charge in [-0.3, -0.25) is 14.8 Å². The molecule has 6 nitrogen and oxygen atoms in total. The molecular formula is C15H13N5O. The van der Waals surface area contributed by atoms with Crippen LogP contribution in [-0.4, -0.2) is 15.9 Å². The fourth-order valence-electron chi connectivity index (χ4n) is 2.03. The summed E-state index contributed by atoms with van der Waals surface area (Å²) in [4.78, 5) is 20.6. The molecule has 0 aliphatic carbocycles. The Balaban J connectivity index is 1.89. The van der Waals surface area contributed by atoms with Crippen LogP contribution in [0.15, 0.2) is 48.8 Å². The van der Waals surface area contributed by atoms with Crippen molar-refractivity contribution in [1.82, 2.24) is 9.97 Å². The van der Waals surface area contributed by atoms with Gasteiger partial charge in [-0.2, -0.15) is 0 Å². The van der Waals surface area contributed by atoms with Crippen molar-refractivity contribution in [1.29, 1.82) is 0 Å². The second-order valence-corrected chi connectivity index (χ2v) is 4.56. The molecular weight excluding hydrogens is 266 g/mol. The van der Waals surface area contributed by atoms with Crippen LogP contribution >= 0.6 is 0 Å². The van der Waals surface area contributed by atoms with Crippen molar-refractivity contribution in [2.75, 3.05) is 16.8 Å². The van der Waals surface area contributed by atoms with Gasteiger partial charge in [0.05, 0.1) is 16.6 Å². The zero-order valence-electron chi connectivity index (χ0n) is 11.1. The summed E-state index contributed by atoms with van der Waals surface area (Å²) < 4.78 is 0. The molecule has 6 heteroatoms. The zero-order chi connectivity index (χ0) is 14.8. The van der Waals surface area contributed by atoms with E-state index in [1.165, 1.54) is 0 Å². The minimum Gasteiger partial charge on any atom is -0.399 e. The van der Waals surface area contributed by atoms with Crippen molar-refractivity contribution < 1.29 is 4.79 Å². The number of nitrogens with zero attached hydrogens (tertiary/aromatic N) is 2. The van der Waals surface area contributed by atoms with Crippen LogP contribution in [0.5, 0.6) is 0 Å². The standard InChI is InChI=1S/C15H13N5O/c16-9-1-3-11(12(17)7-9)15(21)20-10-2-4-13-14(8-10)19-6-5-18-13/h1-8H,16-17H2,(H,20,21). The maximum absolute atomic E-state index is 12.2. The fraction of sp³-hybridized carbons (Fsp3) is 0. The number of nitrogens with two attached hydrogens (primary N) is 2. The van der Waals surface area contributed by atoms with Crippen molar-refractivity contribution in [3.05, 3.63) is 54.4 Å². The van der Waals surface area contributed by atoms with Gasteiger partial charge in [-0.1, -0.05) is 0 Å². The Labute approximate surface area is 120 Å². The second-order valence-electron chi connectivity index (χ2n) is 4.56. The Morgan fingerprint density at radius 3 is 2.48 bits per heavy atom. The summed E-state index contributed by atoms with van der Waals surface area (Å²) in [5, 5.41) is 2.78. The molecule has 0 saturated heterocycles. The SMILES string of the molecule is Nc1ccc(C(=O)Nc2ccc3nccnc3c2)c(N)c1. The molecule has 1 aromatic heterocycles. The van der Waals surface area contributed by atoms with Gasteiger partial charge in [0.2, 0.25) is 0 Å². The minimum absolute atomic E-state index is 0.296. The minimum atomic E-state index is -0.296. The summed E-state index contributed by atoms with van der Waals surface area (Å²) >= 11 is 0. The van der Waals surface area contributed by atoms with Crippen LogP contribution in [0.2, 0.25) is 0 Å². The van der Waals surface area contributed by atoms with E-state index in [9.17, 15) is 4.79 Å². The molecule has 2 aromatic carbocycles. The molecule has 0 atom stereocenters. The van der Waals surface area contributed by atoms with Gasteiger partial charge in [-0.05, 0) is 36.4 Å². The molecule has 1 amide bonds. The summed E-state index contributed by atoms with van der Waals surface area (Å²) in [5.74, 6) is -0.296. The van der Waals surface area contributed by atoms with Crippen LogP contribution in [0.25, 0.3) is 11.0 Å². The van der Waals surface area contributed by atoms with Crippen molar-refractivity contribution in [3.63, 3.8) is 0 Å². The molecule has 104 valence electrons. The number of carbonyl (C=O) groups excluding carboxylic acids is 1. The van der Waals surface area contributed by atoms with Gasteiger partial charge < -0.3 is 16.8 Å². The maximum atomic E-state index is 12.2. The number of aromatic nitrogens is 2. The van der Waals surface area contributed by atoms with Crippen LogP contribution < -0.4 is 16.8 Å². The summed E-state index contributed by atoms with van der Waals surface area (Å²) in [6.07, 6.45) is 3.22. The summed E-state index contributed by atoms with van der Waals surface area (Å²) in [6.45, 7) is 0. The molecule has 1 heterocycles. The topological polar surface area (TPSA) is 107 Å². The summed E-state index contributed by atoms with van der Waals surface area (Å²) in [6, 6.07) is 10.1. The smallest absolute Gasteiger partial charge is 0.257 e. The van der Waals surface area contributed by atoms with Crippen molar-refractivity contribution in [3.8, 4) is 0 Å². The molecule has 21 heavy (non-hydrogen) atoms. The lowest BCUT2D eigenvalue weighted by Gasteiger charge is -2.08. The number of rotatable bonds is 2. The van der Waals surface area contributed by atoms with Crippen LogP contribution in [0, 0.1) is 0 Å². The number of nitrogens with one attached hydrogen (secondary N) is 1. The Morgan fingerprint density at radius 1 is 0.952 bits per heavy atom. The van der Waals surface area contributed by atoms with Crippen molar-refractivity contribution in [2.45, 2.75) is 0 Å². The van der Waals surface area contributed by atoms with E-state index in [0.717, 1.165) is 5.52 Å². The van der Waals surface area contributed by atoms with E-state index in [2.05, 4.69) is 15.3 Å². The highest BCUT2D eigenvalue weighted by atomic mass is 16.1. The van der Waals surface area contributed by atoms with Gasteiger partial charge in [0.1, 0.15) is 0 Å². The third-order valence-corrected chi connectivity index (χ3v) is 3.05. The van der Waals surface area contributed by atoms with E-state index in [1.54, 1.807) is 48.8 Å². The maximum Gasteiger partial charge on any atom is 0.257 e. The van der Waals surface area contributed by atoms with Crippen LogP contribution in [0.4, 0.5) is 17.1 Å².